The van der Waals surface area contributed by atoms with Gasteiger partial charge in [0.05, 0.1) is 13.2 Å². The number of amides is 1. The molecular formula is C21H19N3O2S. The Labute approximate surface area is 162 Å². The van der Waals surface area contributed by atoms with Gasteiger partial charge >= 0.3 is 0 Å². The number of methoxy groups -OCH3 is 1. The maximum absolute atomic E-state index is 12.9. The number of aromatic nitrogens is 1. The smallest absolute Gasteiger partial charge is 0.251 e. The zero-order valence-electron chi connectivity index (χ0n) is 15.1. The van der Waals surface area contributed by atoms with Crippen LogP contribution in [0.3, 0.4) is 0 Å². The molecule has 2 aliphatic heterocycles. The molecular weight excluding hydrogens is 358 g/mol. The van der Waals surface area contributed by atoms with Gasteiger partial charge in [-0.2, -0.15) is 0 Å². The molecule has 27 heavy (non-hydrogen) atoms. The number of carbonyl (C=O) groups excluding carboxylic acids is 1. The number of hydrogen-bond acceptors (Lipinski definition) is 3. The second-order valence-electron chi connectivity index (χ2n) is 7.05. The van der Waals surface area contributed by atoms with E-state index < -0.39 is 0 Å². The van der Waals surface area contributed by atoms with Gasteiger partial charge in [0.25, 0.3) is 5.91 Å². The van der Waals surface area contributed by atoms with E-state index in [2.05, 4.69) is 28.1 Å². The van der Waals surface area contributed by atoms with Gasteiger partial charge in [-0.3, -0.25) is 9.69 Å². The summed E-state index contributed by atoms with van der Waals surface area (Å²) in [6.07, 6.45) is 0.656. The molecule has 2 aromatic carbocycles. The minimum atomic E-state index is -0.273. The van der Waals surface area contributed by atoms with Crippen molar-refractivity contribution in [1.82, 2.24) is 14.8 Å². The fourth-order valence-electron chi connectivity index (χ4n) is 4.36. The molecule has 2 aliphatic rings. The van der Waals surface area contributed by atoms with Crippen molar-refractivity contribution >= 4 is 34.1 Å². The topological polar surface area (TPSA) is 48.6 Å². The summed E-state index contributed by atoms with van der Waals surface area (Å²) in [5.74, 6) is 0.848. The van der Waals surface area contributed by atoms with Crippen LogP contribution < -0.4 is 4.74 Å². The van der Waals surface area contributed by atoms with E-state index in [1.165, 1.54) is 10.9 Å². The molecule has 1 fully saturated rings. The van der Waals surface area contributed by atoms with Crippen LogP contribution in [0, 0.1) is 0 Å². The van der Waals surface area contributed by atoms with Crippen LogP contribution in [0.5, 0.6) is 5.75 Å². The Hall–Kier alpha value is -2.86. The lowest BCUT2D eigenvalue weighted by atomic mass is 9.89. The number of para-hydroxylation sites is 1. The lowest BCUT2D eigenvalue weighted by Gasteiger charge is -2.37. The summed E-state index contributed by atoms with van der Waals surface area (Å²) >= 11 is 5.65. The van der Waals surface area contributed by atoms with Crippen molar-refractivity contribution < 1.29 is 9.53 Å². The molecule has 0 spiro atoms. The van der Waals surface area contributed by atoms with E-state index in [0.29, 0.717) is 11.5 Å². The third-order valence-corrected chi connectivity index (χ3v) is 6.15. The molecule has 0 aliphatic carbocycles. The Morgan fingerprint density at radius 1 is 1.19 bits per heavy atom. The predicted octanol–water partition coefficient (Wildman–Crippen LogP) is 3.25. The highest BCUT2D eigenvalue weighted by Gasteiger charge is 2.49. The molecule has 0 bridgehead atoms. The number of fused-ring (bicyclic) bond motifs is 4. The maximum atomic E-state index is 12.9. The molecule has 6 heteroatoms. The van der Waals surface area contributed by atoms with Crippen LogP contribution in [0.4, 0.5) is 0 Å². The number of carbonyl (C=O) groups is 1. The van der Waals surface area contributed by atoms with E-state index in [-0.39, 0.29) is 18.0 Å². The van der Waals surface area contributed by atoms with E-state index >= 15 is 0 Å². The maximum Gasteiger partial charge on any atom is 0.251 e. The Kier molecular flexibility index (Phi) is 3.52. The van der Waals surface area contributed by atoms with Gasteiger partial charge in [0, 0.05) is 30.1 Å². The molecule has 0 saturated carbocycles. The van der Waals surface area contributed by atoms with Gasteiger partial charge in [0.15, 0.2) is 5.11 Å². The Morgan fingerprint density at radius 2 is 2.00 bits per heavy atom. The van der Waals surface area contributed by atoms with Crippen LogP contribution in [0.1, 0.15) is 22.9 Å². The summed E-state index contributed by atoms with van der Waals surface area (Å²) in [5.41, 5.74) is 4.44. The van der Waals surface area contributed by atoms with Crippen molar-refractivity contribution in [2.24, 2.45) is 0 Å². The molecule has 5 rings (SSSR count). The van der Waals surface area contributed by atoms with Gasteiger partial charge in [-0.1, -0.05) is 30.3 Å². The van der Waals surface area contributed by atoms with Crippen LogP contribution in [-0.2, 0) is 11.2 Å². The number of nitrogens with zero attached hydrogens (tertiary/aromatic N) is 2. The molecule has 1 N–H and O–H groups in total. The monoisotopic (exact) mass is 377 g/mol. The number of hydrogen-bond donors (Lipinski definition) is 1. The van der Waals surface area contributed by atoms with E-state index in [4.69, 9.17) is 17.0 Å². The molecule has 0 unspecified atom stereocenters. The number of rotatable bonds is 2. The van der Waals surface area contributed by atoms with E-state index in [0.717, 1.165) is 22.5 Å². The SMILES string of the molecule is COc1cccc([C@@H]2c3[nH]c4ccccc4c3C[C@@H]3C(=O)N(C)C(=S)N23)c1. The number of H-pyrrole nitrogens is 1. The molecule has 136 valence electrons. The van der Waals surface area contributed by atoms with Crippen LogP contribution >= 0.6 is 12.2 Å². The molecule has 1 aromatic heterocycles. The van der Waals surface area contributed by atoms with Crippen LogP contribution in [0.2, 0.25) is 0 Å². The first-order valence-electron chi connectivity index (χ1n) is 8.93. The molecule has 5 nitrogen and oxygen atoms in total. The number of benzene rings is 2. The third kappa shape index (κ3) is 2.23. The van der Waals surface area contributed by atoms with E-state index in [9.17, 15) is 4.79 Å². The van der Waals surface area contributed by atoms with Gasteiger partial charge in [-0.05, 0) is 41.5 Å². The Bertz CT molecular complexity index is 1090. The summed E-state index contributed by atoms with van der Waals surface area (Å²) in [7, 11) is 3.42. The molecule has 1 amide bonds. The van der Waals surface area contributed by atoms with Crippen molar-refractivity contribution in [3.8, 4) is 5.75 Å². The van der Waals surface area contributed by atoms with Crippen molar-refractivity contribution in [3.05, 3.63) is 65.4 Å². The lowest BCUT2D eigenvalue weighted by Crippen LogP contribution is -2.44. The van der Waals surface area contributed by atoms with Crippen molar-refractivity contribution in [2.45, 2.75) is 18.5 Å². The first-order valence-corrected chi connectivity index (χ1v) is 9.34. The number of nitrogens with one attached hydrogen (secondary N) is 1. The van der Waals surface area contributed by atoms with E-state index in [1.807, 2.05) is 30.3 Å². The van der Waals surface area contributed by atoms with Crippen LogP contribution in [0.15, 0.2) is 48.5 Å². The van der Waals surface area contributed by atoms with Crippen LogP contribution in [-0.4, -0.2) is 46.0 Å². The fraction of sp³-hybridized carbons (Fsp3) is 0.238. The summed E-state index contributed by atoms with van der Waals surface area (Å²) in [6.45, 7) is 0. The number of thiocarbonyl (C=S) groups is 1. The van der Waals surface area contributed by atoms with E-state index in [1.54, 1.807) is 19.1 Å². The molecule has 0 radical (unpaired) electrons. The summed E-state index contributed by atoms with van der Waals surface area (Å²) in [4.78, 5) is 20.1. The summed E-state index contributed by atoms with van der Waals surface area (Å²) in [6, 6.07) is 15.8. The average molecular weight is 377 g/mol. The Morgan fingerprint density at radius 3 is 2.81 bits per heavy atom. The zero-order valence-corrected chi connectivity index (χ0v) is 15.9. The largest absolute Gasteiger partial charge is 0.497 e. The van der Waals surface area contributed by atoms with Gasteiger partial charge in [-0.25, -0.2) is 0 Å². The fourth-order valence-corrected chi connectivity index (χ4v) is 4.69. The lowest BCUT2D eigenvalue weighted by molar-refractivity contribution is -0.127. The second kappa shape index (κ2) is 5.82. The van der Waals surface area contributed by atoms with Gasteiger partial charge in [0.2, 0.25) is 0 Å². The van der Waals surface area contributed by atoms with Crippen molar-refractivity contribution in [1.29, 1.82) is 0 Å². The molecule has 3 aromatic rings. The molecule has 3 heterocycles. The van der Waals surface area contributed by atoms with Crippen molar-refractivity contribution in [3.63, 3.8) is 0 Å². The highest BCUT2D eigenvalue weighted by molar-refractivity contribution is 7.80. The first-order chi connectivity index (χ1) is 13.1. The summed E-state index contributed by atoms with van der Waals surface area (Å²) in [5, 5.41) is 1.75. The first kappa shape index (κ1) is 16.3. The number of aromatic amines is 1. The number of ether oxygens (including phenoxy) is 1. The van der Waals surface area contributed by atoms with Crippen LogP contribution in [0.25, 0.3) is 10.9 Å². The van der Waals surface area contributed by atoms with Gasteiger partial charge in [0.1, 0.15) is 11.8 Å². The zero-order chi connectivity index (χ0) is 18.7. The highest BCUT2D eigenvalue weighted by Crippen LogP contribution is 2.44. The minimum Gasteiger partial charge on any atom is -0.497 e. The minimum absolute atomic E-state index is 0.0591. The summed E-state index contributed by atoms with van der Waals surface area (Å²) < 4.78 is 5.43. The quantitative estimate of drug-likeness (QED) is 0.697. The Balaban J connectivity index is 1.77. The average Bonchev–Trinajstić information content (AvgIpc) is 3.18. The molecule has 2 atom stereocenters. The van der Waals surface area contributed by atoms with Crippen molar-refractivity contribution in [2.75, 3.05) is 14.2 Å². The highest BCUT2D eigenvalue weighted by atomic mass is 32.1. The van der Waals surface area contributed by atoms with Gasteiger partial charge < -0.3 is 14.6 Å². The van der Waals surface area contributed by atoms with Gasteiger partial charge in [-0.15, -0.1) is 0 Å². The molecule has 1 saturated heterocycles. The second-order valence-corrected chi connectivity index (χ2v) is 7.41. The normalized spacial score (nSPS) is 21.6. The third-order valence-electron chi connectivity index (χ3n) is 5.66. The predicted molar refractivity (Wildman–Crippen MR) is 108 cm³/mol. The number of likely N-dealkylation sites (N-methyl/N-ethyl adjacent to an activating group) is 1. The standard InChI is InChI=1S/C21H19N3O2S/c1-23-20(25)17-11-15-14-8-3-4-9-16(14)22-18(15)19(24(17)21(23)27)12-6-5-7-13(10-12)26-2/h3-10,17,19,22H,11H2,1-2H3/t17-,19-/m1/s1.